The number of unbranched alkanes of at least 4 members (excludes halogenated alkanes) is 1. The van der Waals surface area contributed by atoms with Crippen LogP contribution in [0.3, 0.4) is 0 Å². The quantitative estimate of drug-likeness (QED) is 0.316. The minimum atomic E-state index is -4.20. The Balaban J connectivity index is 1.98. The number of nitrogens with zero attached hydrogens (tertiary/aromatic N) is 2. The molecule has 208 valence electrons. The summed E-state index contributed by atoms with van der Waals surface area (Å²) in [7, 11) is -2.72. The van der Waals surface area contributed by atoms with Crippen LogP contribution in [0.25, 0.3) is 0 Å². The number of carbonyl (C=O) groups is 2. The summed E-state index contributed by atoms with van der Waals surface area (Å²) >= 11 is 0. The van der Waals surface area contributed by atoms with E-state index in [1.165, 1.54) is 54.5 Å². The van der Waals surface area contributed by atoms with Crippen molar-refractivity contribution in [2.75, 3.05) is 24.5 Å². The maximum absolute atomic E-state index is 14.6. The van der Waals surface area contributed by atoms with Gasteiger partial charge < -0.3 is 15.0 Å². The first kappa shape index (κ1) is 29.6. The van der Waals surface area contributed by atoms with Gasteiger partial charge in [-0.1, -0.05) is 49.7 Å². The summed E-state index contributed by atoms with van der Waals surface area (Å²) in [4.78, 5) is 27.9. The van der Waals surface area contributed by atoms with E-state index < -0.39 is 40.2 Å². The van der Waals surface area contributed by atoms with Gasteiger partial charge in [-0.15, -0.1) is 0 Å². The number of hydrogen-bond donors (Lipinski definition) is 1. The number of benzene rings is 3. The Bertz CT molecular complexity index is 1350. The van der Waals surface area contributed by atoms with Crippen molar-refractivity contribution in [1.29, 1.82) is 0 Å². The summed E-state index contributed by atoms with van der Waals surface area (Å²) in [5.74, 6) is -1.11. The highest BCUT2D eigenvalue weighted by Crippen LogP contribution is 2.26. The summed E-state index contributed by atoms with van der Waals surface area (Å²) < 4.78 is 48.2. The molecule has 3 aromatic rings. The van der Waals surface area contributed by atoms with Gasteiger partial charge in [-0.05, 0) is 55.8 Å². The second-order valence-corrected chi connectivity index (χ2v) is 10.8. The molecule has 10 heteroatoms. The molecule has 3 aromatic carbocycles. The molecule has 1 atom stereocenters. The predicted octanol–water partition coefficient (Wildman–Crippen LogP) is 4.36. The predicted molar refractivity (Wildman–Crippen MR) is 148 cm³/mol. The standard InChI is InChI=1S/C29H34FN3O5S/c1-4-5-19-31-29(35)22(2)32(20-23-11-9-10-14-27(23)30)28(34)21-33(24-12-7-6-8-13-24)39(36,37)26-17-15-25(38-3)16-18-26/h6-18,22H,4-5,19-21H2,1-3H3,(H,31,35)/t22-/m1/s1. The molecule has 0 spiro atoms. The molecule has 0 aliphatic rings. The van der Waals surface area contributed by atoms with Crippen molar-refractivity contribution in [3.8, 4) is 5.75 Å². The van der Waals surface area contributed by atoms with Crippen LogP contribution in [0.2, 0.25) is 0 Å². The topological polar surface area (TPSA) is 96.0 Å². The van der Waals surface area contributed by atoms with Crippen molar-refractivity contribution in [3.63, 3.8) is 0 Å². The largest absolute Gasteiger partial charge is 0.497 e. The fraction of sp³-hybridized carbons (Fsp3) is 0.310. The first-order valence-electron chi connectivity index (χ1n) is 12.7. The van der Waals surface area contributed by atoms with Gasteiger partial charge in [0.25, 0.3) is 10.0 Å². The number of ether oxygens (including phenoxy) is 1. The van der Waals surface area contributed by atoms with E-state index in [9.17, 15) is 22.4 Å². The minimum Gasteiger partial charge on any atom is -0.497 e. The molecule has 0 saturated heterocycles. The lowest BCUT2D eigenvalue weighted by Gasteiger charge is -2.32. The number of hydrogen-bond acceptors (Lipinski definition) is 5. The van der Waals surface area contributed by atoms with Crippen LogP contribution in [0, 0.1) is 5.82 Å². The summed E-state index contributed by atoms with van der Waals surface area (Å²) in [6.45, 7) is 3.16. The molecule has 0 fully saturated rings. The number of sulfonamides is 1. The third kappa shape index (κ3) is 7.57. The van der Waals surface area contributed by atoms with Gasteiger partial charge in [-0.25, -0.2) is 12.8 Å². The van der Waals surface area contributed by atoms with Gasteiger partial charge in [0.05, 0.1) is 17.7 Å². The molecule has 0 unspecified atom stereocenters. The molecule has 0 aliphatic carbocycles. The molecule has 0 saturated carbocycles. The molecule has 3 rings (SSSR count). The molecule has 0 aromatic heterocycles. The van der Waals surface area contributed by atoms with Crippen LogP contribution in [0.15, 0.2) is 83.8 Å². The molecule has 39 heavy (non-hydrogen) atoms. The Kier molecular flexibility index (Phi) is 10.4. The highest BCUT2D eigenvalue weighted by Gasteiger charge is 2.32. The number of rotatable bonds is 13. The van der Waals surface area contributed by atoms with Crippen LogP contribution >= 0.6 is 0 Å². The van der Waals surface area contributed by atoms with E-state index in [1.54, 1.807) is 43.3 Å². The van der Waals surface area contributed by atoms with Gasteiger partial charge in [0.2, 0.25) is 11.8 Å². The van der Waals surface area contributed by atoms with E-state index in [0.29, 0.717) is 12.3 Å². The van der Waals surface area contributed by atoms with Crippen molar-refractivity contribution in [1.82, 2.24) is 10.2 Å². The van der Waals surface area contributed by atoms with Crippen LogP contribution in [-0.2, 0) is 26.2 Å². The van der Waals surface area contributed by atoms with Crippen molar-refractivity contribution >= 4 is 27.5 Å². The fourth-order valence-electron chi connectivity index (χ4n) is 3.93. The van der Waals surface area contributed by atoms with Gasteiger partial charge in [0, 0.05) is 18.7 Å². The van der Waals surface area contributed by atoms with Crippen molar-refractivity contribution in [2.45, 2.75) is 44.2 Å². The molecule has 0 bridgehead atoms. The Labute approximate surface area is 229 Å². The van der Waals surface area contributed by atoms with E-state index in [0.717, 1.165) is 17.1 Å². The van der Waals surface area contributed by atoms with Gasteiger partial charge in [0.1, 0.15) is 24.2 Å². The van der Waals surface area contributed by atoms with Gasteiger partial charge >= 0.3 is 0 Å². The minimum absolute atomic E-state index is 0.0361. The van der Waals surface area contributed by atoms with Crippen molar-refractivity contribution in [2.24, 2.45) is 0 Å². The van der Waals surface area contributed by atoms with E-state index in [-0.39, 0.29) is 22.7 Å². The number of halogens is 1. The first-order chi connectivity index (χ1) is 18.7. The second kappa shape index (κ2) is 13.7. The number of para-hydroxylation sites is 1. The Morgan fingerprint density at radius 1 is 0.974 bits per heavy atom. The fourth-order valence-corrected chi connectivity index (χ4v) is 5.34. The SMILES string of the molecule is CCCCNC(=O)[C@@H](C)N(Cc1ccccc1F)C(=O)CN(c1ccccc1)S(=O)(=O)c1ccc(OC)cc1. The molecule has 0 radical (unpaired) electrons. The van der Waals surface area contributed by atoms with Crippen molar-refractivity contribution in [3.05, 3.63) is 90.2 Å². The maximum Gasteiger partial charge on any atom is 0.264 e. The average Bonchev–Trinajstić information content (AvgIpc) is 2.95. The number of nitrogens with one attached hydrogen (secondary N) is 1. The zero-order valence-corrected chi connectivity index (χ0v) is 23.2. The molecule has 8 nitrogen and oxygen atoms in total. The number of amides is 2. The molecule has 0 heterocycles. The van der Waals surface area contributed by atoms with Crippen LogP contribution in [0.5, 0.6) is 5.75 Å². The normalized spacial score (nSPS) is 11.9. The smallest absolute Gasteiger partial charge is 0.264 e. The highest BCUT2D eigenvalue weighted by atomic mass is 32.2. The van der Waals surface area contributed by atoms with Crippen LogP contribution in [0.1, 0.15) is 32.3 Å². The van der Waals surface area contributed by atoms with Gasteiger partial charge in [0.15, 0.2) is 0 Å². The number of carbonyl (C=O) groups excluding carboxylic acids is 2. The van der Waals surface area contributed by atoms with Crippen molar-refractivity contribution < 1.29 is 27.1 Å². The summed E-state index contributed by atoms with van der Waals surface area (Å²) in [6.07, 6.45) is 1.64. The third-order valence-corrected chi connectivity index (χ3v) is 8.05. The van der Waals surface area contributed by atoms with Crippen LogP contribution in [0.4, 0.5) is 10.1 Å². The lowest BCUT2D eigenvalue weighted by molar-refractivity contribution is -0.139. The van der Waals surface area contributed by atoms with Crippen LogP contribution < -0.4 is 14.4 Å². The Morgan fingerprint density at radius 3 is 2.23 bits per heavy atom. The van der Waals surface area contributed by atoms with E-state index >= 15 is 0 Å². The molecule has 0 aliphatic heterocycles. The molecular weight excluding hydrogens is 521 g/mol. The molecular formula is C29H34FN3O5S. The third-order valence-electron chi connectivity index (χ3n) is 6.27. The van der Waals surface area contributed by atoms with E-state index in [2.05, 4.69) is 5.32 Å². The summed E-state index contributed by atoms with van der Waals surface area (Å²) in [5.41, 5.74) is 0.482. The average molecular weight is 556 g/mol. The van der Waals surface area contributed by atoms with E-state index in [4.69, 9.17) is 4.74 Å². The summed E-state index contributed by atoms with van der Waals surface area (Å²) in [5, 5.41) is 2.80. The lowest BCUT2D eigenvalue weighted by Crippen LogP contribution is -2.51. The lowest BCUT2D eigenvalue weighted by atomic mass is 10.1. The van der Waals surface area contributed by atoms with E-state index in [1.807, 2.05) is 6.92 Å². The monoisotopic (exact) mass is 555 g/mol. The maximum atomic E-state index is 14.6. The Morgan fingerprint density at radius 2 is 1.62 bits per heavy atom. The van der Waals surface area contributed by atoms with Crippen LogP contribution in [-0.4, -0.2) is 51.4 Å². The Hall–Kier alpha value is -3.92. The number of methoxy groups -OCH3 is 1. The zero-order chi connectivity index (χ0) is 28.4. The number of anilines is 1. The highest BCUT2D eigenvalue weighted by molar-refractivity contribution is 7.92. The van der Waals surface area contributed by atoms with Gasteiger partial charge in [-0.3, -0.25) is 13.9 Å². The second-order valence-electron chi connectivity index (χ2n) is 8.96. The zero-order valence-electron chi connectivity index (χ0n) is 22.3. The molecule has 2 amide bonds. The summed E-state index contributed by atoms with van der Waals surface area (Å²) in [6, 6.07) is 19.0. The molecule has 1 N–H and O–H groups in total. The van der Waals surface area contributed by atoms with Gasteiger partial charge in [-0.2, -0.15) is 0 Å². The first-order valence-corrected chi connectivity index (χ1v) is 14.2.